The maximum Gasteiger partial charge on any atom is 0.0104 e. The second-order valence-corrected chi connectivity index (χ2v) is 6.53. The Kier molecular flexibility index (Phi) is 2.99. The molecule has 5 atom stereocenters. The summed E-state index contributed by atoms with van der Waals surface area (Å²) in [5, 5.41) is 0. The van der Waals surface area contributed by atoms with Crippen LogP contribution in [-0.4, -0.2) is 6.04 Å². The van der Waals surface area contributed by atoms with Crippen molar-refractivity contribution in [3.05, 3.63) is 0 Å². The summed E-state index contributed by atoms with van der Waals surface area (Å²) in [4.78, 5) is 0. The number of nitrogens with two attached hydrogens (primary N) is 1. The molecule has 0 radical (unpaired) electrons. The Morgan fingerprint density at radius 2 is 1.69 bits per heavy atom. The number of hydrogen-bond acceptors (Lipinski definition) is 1. The first-order valence-electron chi connectivity index (χ1n) is 7.58. The SMILES string of the molecule is CCC1CCCCC1C(N)C1C2CCCC21. The molecule has 0 aromatic rings. The molecule has 1 nitrogen and oxygen atoms in total. The van der Waals surface area contributed by atoms with Gasteiger partial charge in [-0.15, -0.1) is 0 Å². The van der Waals surface area contributed by atoms with Crippen molar-refractivity contribution in [2.45, 2.75) is 64.3 Å². The zero-order valence-corrected chi connectivity index (χ0v) is 10.7. The lowest BCUT2D eigenvalue weighted by molar-refractivity contribution is 0.176. The molecule has 0 aliphatic heterocycles. The number of fused-ring (bicyclic) bond motifs is 1. The first kappa shape index (κ1) is 11.1. The molecule has 3 aliphatic rings. The zero-order valence-electron chi connectivity index (χ0n) is 10.7. The van der Waals surface area contributed by atoms with Crippen LogP contribution >= 0.6 is 0 Å². The topological polar surface area (TPSA) is 26.0 Å². The predicted molar refractivity (Wildman–Crippen MR) is 68.0 cm³/mol. The molecule has 0 saturated heterocycles. The molecule has 2 N–H and O–H groups in total. The smallest absolute Gasteiger partial charge is 0.0104 e. The third-order valence-electron chi connectivity index (χ3n) is 5.90. The van der Waals surface area contributed by atoms with Crippen LogP contribution in [0, 0.1) is 29.6 Å². The standard InChI is InChI=1S/C15H27N/c1-2-10-6-3-4-7-11(10)15(16)14-12-8-5-9-13(12)14/h10-15H,2-9,16H2,1H3. The summed E-state index contributed by atoms with van der Waals surface area (Å²) in [6.07, 6.45) is 11.6. The van der Waals surface area contributed by atoms with Crippen molar-refractivity contribution in [3.63, 3.8) is 0 Å². The van der Waals surface area contributed by atoms with Gasteiger partial charge in [0.2, 0.25) is 0 Å². The minimum atomic E-state index is 0.556. The largest absolute Gasteiger partial charge is 0.327 e. The van der Waals surface area contributed by atoms with Gasteiger partial charge in [-0.3, -0.25) is 0 Å². The van der Waals surface area contributed by atoms with Crippen molar-refractivity contribution in [2.24, 2.45) is 35.3 Å². The molecule has 0 amide bonds. The minimum absolute atomic E-state index is 0.556. The van der Waals surface area contributed by atoms with Crippen molar-refractivity contribution in [1.29, 1.82) is 0 Å². The number of hydrogen-bond donors (Lipinski definition) is 1. The van der Waals surface area contributed by atoms with Crippen LogP contribution < -0.4 is 5.73 Å². The molecule has 0 heterocycles. The highest BCUT2D eigenvalue weighted by Crippen LogP contribution is 2.60. The fraction of sp³-hybridized carbons (Fsp3) is 1.00. The average Bonchev–Trinajstić information content (AvgIpc) is 2.81. The second-order valence-electron chi connectivity index (χ2n) is 6.53. The Morgan fingerprint density at radius 1 is 1.00 bits per heavy atom. The van der Waals surface area contributed by atoms with Crippen LogP contribution in [0.4, 0.5) is 0 Å². The summed E-state index contributed by atoms with van der Waals surface area (Å²) in [6, 6.07) is 0.556. The van der Waals surface area contributed by atoms with Crippen LogP contribution in [0.2, 0.25) is 0 Å². The highest BCUT2D eigenvalue weighted by atomic mass is 14.8. The molecule has 92 valence electrons. The Hall–Kier alpha value is -0.0400. The van der Waals surface area contributed by atoms with Crippen molar-refractivity contribution in [3.8, 4) is 0 Å². The Balaban J connectivity index is 1.62. The molecule has 0 aromatic heterocycles. The quantitative estimate of drug-likeness (QED) is 0.774. The molecule has 3 saturated carbocycles. The summed E-state index contributed by atoms with van der Waals surface area (Å²) >= 11 is 0. The van der Waals surface area contributed by atoms with Crippen molar-refractivity contribution in [1.82, 2.24) is 0 Å². The van der Waals surface area contributed by atoms with E-state index in [1.165, 1.54) is 51.4 Å². The zero-order chi connectivity index (χ0) is 11.1. The van der Waals surface area contributed by atoms with Crippen LogP contribution in [0.1, 0.15) is 58.3 Å². The molecular weight excluding hydrogens is 194 g/mol. The van der Waals surface area contributed by atoms with E-state index in [0.717, 1.165) is 29.6 Å². The fourth-order valence-corrected chi connectivity index (χ4v) is 4.98. The van der Waals surface area contributed by atoms with Crippen LogP contribution in [0.3, 0.4) is 0 Å². The molecule has 3 fully saturated rings. The molecule has 3 aliphatic carbocycles. The monoisotopic (exact) mass is 221 g/mol. The molecule has 0 aromatic carbocycles. The van der Waals surface area contributed by atoms with E-state index in [1.54, 1.807) is 0 Å². The molecule has 0 bridgehead atoms. The van der Waals surface area contributed by atoms with Crippen LogP contribution in [0.15, 0.2) is 0 Å². The van der Waals surface area contributed by atoms with Crippen LogP contribution in [0.5, 0.6) is 0 Å². The van der Waals surface area contributed by atoms with Crippen molar-refractivity contribution in [2.75, 3.05) is 0 Å². The summed E-state index contributed by atoms with van der Waals surface area (Å²) in [5.74, 6) is 4.86. The number of rotatable bonds is 3. The van der Waals surface area contributed by atoms with E-state index in [-0.39, 0.29) is 0 Å². The summed E-state index contributed by atoms with van der Waals surface area (Å²) in [7, 11) is 0. The lowest BCUT2D eigenvalue weighted by Crippen LogP contribution is -2.39. The third-order valence-corrected chi connectivity index (χ3v) is 5.90. The van der Waals surface area contributed by atoms with Crippen molar-refractivity contribution < 1.29 is 0 Å². The summed E-state index contributed by atoms with van der Waals surface area (Å²) < 4.78 is 0. The normalized spacial score (nSPS) is 48.8. The maximum absolute atomic E-state index is 6.61. The van der Waals surface area contributed by atoms with E-state index in [0.29, 0.717) is 6.04 Å². The third kappa shape index (κ3) is 1.72. The van der Waals surface area contributed by atoms with Gasteiger partial charge >= 0.3 is 0 Å². The maximum atomic E-state index is 6.61. The van der Waals surface area contributed by atoms with Gasteiger partial charge in [0.25, 0.3) is 0 Å². The van der Waals surface area contributed by atoms with Crippen molar-refractivity contribution >= 4 is 0 Å². The second kappa shape index (κ2) is 4.33. The van der Waals surface area contributed by atoms with Gasteiger partial charge < -0.3 is 5.73 Å². The van der Waals surface area contributed by atoms with Gasteiger partial charge in [-0.25, -0.2) is 0 Å². The molecule has 3 rings (SSSR count). The Bertz CT molecular complexity index is 240. The molecule has 16 heavy (non-hydrogen) atoms. The van der Waals surface area contributed by atoms with Gasteiger partial charge in [-0.2, -0.15) is 0 Å². The summed E-state index contributed by atoms with van der Waals surface area (Å²) in [5.41, 5.74) is 6.61. The Morgan fingerprint density at radius 3 is 2.38 bits per heavy atom. The van der Waals surface area contributed by atoms with Gasteiger partial charge in [0.1, 0.15) is 0 Å². The molecular formula is C15H27N. The fourth-order valence-electron chi connectivity index (χ4n) is 4.98. The molecule has 5 unspecified atom stereocenters. The average molecular weight is 221 g/mol. The van der Waals surface area contributed by atoms with Gasteiger partial charge in [-0.05, 0) is 48.9 Å². The van der Waals surface area contributed by atoms with Gasteiger partial charge in [0.05, 0.1) is 0 Å². The van der Waals surface area contributed by atoms with E-state index in [9.17, 15) is 0 Å². The first-order valence-corrected chi connectivity index (χ1v) is 7.58. The van der Waals surface area contributed by atoms with Crippen LogP contribution in [0.25, 0.3) is 0 Å². The lowest BCUT2D eigenvalue weighted by atomic mass is 9.72. The van der Waals surface area contributed by atoms with Gasteiger partial charge in [0.15, 0.2) is 0 Å². The van der Waals surface area contributed by atoms with Gasteiger partial charge in [0, 0.05) is 6.04 Å². The van der Waals surface area contributed by atoms with Crippen LogP contribution in [-0.2, 0) is 0 Å². The first-order chi connectivity index (χ1) is 7.83. The predicted octanol–water partition coefficient (Wildman–Crippen LogP) is 3.58. The van der Waals surface area contributed by atoms with E-state index in [1.807, 2.05) is 0 Å². The highest BCUT2D eigenvalue weighted by molar-refractivity contribution is 5.07. The van der Waals surface area contributed by atoms with Gasteiger partial charge in [-0.1, -0.05) is 39.0 Å². The van der Waals surface area contributed by atoms with E-state index in [2.05, 4.69) is 6.92 Å². The Labute approximate surface area is 100 Å². The minimum Gasteiger partial charge on any atom is -0.327 e. The molecule has 0 spiro atoms. The molecule has 1 heteroatoms. The van der Waals surface area contributed by atoms with E-state index < -0.39 is 0 Å². The van der Waals surface area contributed by atoms with E-state index in [4.69, 9.17) is 5.73 Å². The summed E-state index contributed by atoms with van der Waals surface area (Å²) in [6.45, 7) is 2.36. The van der Waals surface area contributed by atoms with E-state index >= 15 is 0 Å². The highest BCUT2D eigenvalue weighted by Gasteiger charge is 2.56. The lowest BCUT2D eigenvalue weighted by Gasteiger charge is -2.36.